The maximum atomic E-state index is 12.3. The molecule has 2 rings (SSSR count). The van der Waals surface area contributed by atoms with Gasteiger partial charge in [0, 0.05) is 12.5 Å². The number of benzene rings is 2. The second-order valence-electron chi connectivity index (χ2n) is 5.46. The van der Waals surface area contributed by atoms with Gasteiger partial charge in [-0.3, -0.25) is 4.79 Å². The Bertz CT molecular complexity index is 665. The summed E-state index contributed by atoms with van der Waals surface area (Å²) in [5.74, 6) is -0.149. The molecule has 2 unspecified atom stereocenters. The Morgan fingerprint density at radius 1 is 1.12 bits per heavy atom. The van der Waals surface area contributed by atoms with E-state index in [4.69, 9.17) is 5.73 Å². The Morgan fingerprint density at radius 3 is 2.46 bits per heavy atom. The highest BCUT2D eigenvalue weighted by molar-refractivity contribution is 5.77. The molecule has 0 aliphatic rings. The van der Waals surface area contributed by atoms with E-state index in [1.165, 1.54) is 12.1 Å². The summed E-state index contributed by atoms with van der Waals surface area (Å²) < 4.78 is 28.9. The van der Waals surface area contributed by atoms with Crippen molar-refractivity contribution in [2.45, 2.75) is 32.0 Å². The zero-order valence-electron chi connectivity index (χ0n) is 13.3. The quantitative estimate of drug-likeness (QED) is 0.814. The zero-order valence-corrected chi connectivity index (χ0v) is 13.3. The molecule has 0 radical (unpaired) electrons. The van der Waals surface area contributed by atoms with Crippen LogP contribution in [0.5, 0.6) is 5.75 Å². The first-order valence-corrected chi connectivity index (χ1v) is 7.60. The number of alkyl halides is 2. The number of halogens is 2. The number of hydrogen-bond donors (Lipinski definition) is 2. The van der Waals surface area contributed by atoms with Crippen molar-refractivity contribution in [2.75, 3.05) is 0 Å². The first-order chi connectivity index (χ1) is 11.5. The number of rotatable bonds is 7. The Hall–Kier alpha value is -2.47. The first kappa shape index (κ1) is 17.9. The molecular formula is C18H20F2N2O2. The lowest BCUT2D eigenvalue weighted by atomic mass is 10.0. The van der Waals surface area contributed by atoms with Gasteiger partial charge in [-0.25, -0.2) is 0 Å². The molecule has 3 N–H and O–H groups in total. The summed E-state index contributed by atoms with van der Waals surface area (Å²) in [7, 11) is 0. The summed E-state index contributed by atoms with van der Waals surface area (Å²) in [5.41, 5.74) is 7.58. The van der Waals surface area contributed by atoms with Crippen LogP contribution in [0.1, 0.15) is 36.6 Å². The second kappa shape index (κ2) is 8.40. The van der Waals surface area contributed by atoms with Gasteiger partial charge in [0.15, 0.2) is 0 Å². The van der Waals surface area contributed by atoms with Gasteiger partial charge in [0.1, 0.15) is 5.75 Å². The Morgan fingerprint density at radius 2 is 1.79 bits per heavy atom. The van der Waals surface area contributed by atoms with Gasteiger partial charge in [0.2, 0.25) is 5.91 Å². The van der Waals surface area contributed by atoms with E-state index >= 15 is 0 Å². The molecule has 128 valence electrons. The summed E-state index contributed by atoms with van der Waals surface area (Å²) >= 11 is 0. The fourth-order valence-corrected chi connectivity index (χ4v) is 2.36. The maximum Gasteiger partial charge on any atom is 0.387 e. The third-order valence-electron chi connectivity index (χ3n) is 3.59. The number of carbonyl (C=O) groups excluding carboxylic acids is 1. The van der Waals surface area contributed by atoms with E-state index in [0.717, 1.165) is 5.56 Å². The molecule has 0 spiro atoms. The van der Waals surface area contributed by atoms with E-state index in [1.54, 1.807) is 19.1 Å². The fourth-order valence-electron chi connectivity index (χ4n) is 2.36. The van der Waals surface area contributed by atoms with E-state index in [9.17, 15) is 13.6 Å². The van der Waals surface area contributed by atoms with Gasteiger partial charge < -0.3 is 15.8 Å². The van der Waals surface area contributed by atoms with Crippen molar-refractivity contribution in [2.24, 2.45) is 5.73 Å². The predicted octanol–water partition coefficient (Wildman–Crippen LogP) is 3.56. The van der Waals surface area contributed by atoms with Crippen molar-refractivity contribution in [1.82, 2.24) is 5.32 Å². The van der Waals surface area contributed by atoms with Crippen molar-refractivity contribution in [3.63, 3.8) is 0 Å². The van der Waals surface area contributed by atoms with Gasteiger partial charge in [0.25, 0.3) is 0 Å². The molecule has 2 aromatic carbocycles. The van der Waals surface area contributed by atoms with Gasteiger partial charge >= 0.3 is 6.61 Å². The smallest absolute Gasteiger partial charge is 0.387 e. The SMILES string of the molecule is CC(NC(=O)CC(N)c1ccccc1)c1cccc(OC(F)F)c1. The van der Waals surface area contributed by atoms with Gasteiger partial charge in [-0.1, -0.05) is 42.5 Å². The summed E-state index contributed by atoms with van der Waals surface area (Å²) in [6.07, 6.45) is 0.140. The van der Waals surface area contributed by atoms with E-state index in [-0.39, 0.29) is 24.1 Å². The molecular weight excluding hydrogens is 314 g/mol. The minimum atomic E-state index is -2.88. The van der Waals surface area contributed by atoms with Crippen LogP contribution in [-0.2, 0) is 4.79 Å². The van der Waals surface area contributed by atoms with E-state index in [0.29, 0.717) is 5.56 Å². The lowest BCUT2D eigenvalue weighted by Crippen LogP contribution is -2.29. The first-order valence-electron chi connectivity index (χ1n) is 7.60. The molecule has 2 aromatic rings. The Kier molecular flexibility index (Phi) is 6.26. The molecule has 0 saturated carbocycles. The Balaban J connectivity index is 1.94. The minimum absolute atomic E-state index is 0.0598. The Labute approximate surface area is 139 Å². The van der Waals surface area contributed by atoms with Crippen LogP contribution in [0.2, 0.25) is 0 Å². The van der Waals surface area contributed by atoms with Crippen molar-refractivity contribution in [3.8, 4) is 5.75 Å². The molecule has 0 aliphatic carbocycles. The molecule has 4 nitrogen and oxygen atoms in total. The molecule has 0 bridgehead atoms. The van der Waals surface area contributed by atoms with Crippen LogP contribution in [0.15, 0.2) is 54.6 Å². The molecule has 2 atom stereocenters. The highest BCUT2D eigenvalue weighted by atomic mass is 19.3. The second-order valence-corrected chi connectivity index (χ2v) is 5.46. The standard InChI is InChI=1S/C18H20F2N2O2/c1-12(14-8-5-9-15(10-14)24-18(19)20)22-17(23)11-16(21)13-6-3-2-4-7-13/h2-10,12,16,18H,11,21H2,1H3,(H,22,23). The van der Waals surface area contributed by atoms with Gasteiger partial charge in [0.05, 0.1) is 6.04 Å². The summed E-state index contributed by atoms with van der Waals surface area (Å²) in [5, 5.41) is 2.82. The largest absolute Gasteiger partial charge is 0.435 e. The molecule has 1 amide bonds. The number of ether oxygens (including phenoxy) is 1. The maximum absolute atomic E-state index is 12.3. The molecule has 6 heteroatoms. The molecule has 0 heterocycles. The zero-order chi connectivity index (χ0) is 17.5. The number of carbonyl (C=O) groups is 1. The molecule has 0 aliphatic heterocycles. The lowest BCUT2D eigenvalue weighted by Gasteiger charge is -2.17. The van der Waals surface area contributed by atoms with Crippen LogP contribution < -0.4 is 15.8 Å². The normalized spacial score (nSPS) is 13.4. The monoisotopic (exact) mass is 334 g/mol. The fraction of sp³-hybridized carbons (Fsp3) is 0.278. The van der Waals surface area contributed by atoms with E-state index in [1.807, 2.05) is 30.3 Å². The minimum Gasteiger partial charge on any atom is -0.435 e. The van der Waals surface area contributed by atoms with E-state index < -0.39 is 12.7 Å². The number of amides is 1. The molecule has 0 fully saturated rings. The molecule has 0 saturated heterocycles. The van der Waals surface area contributed by atoms with Crippen molar-refractivity contribution in [3.05, 3.63) is 65.7 Å². The third-order valence-corrected chi connectivity index (χ3v) is 3.59. The summed E-state index contributed by atoms with van der Waals surface area (Å²) in [6.45, 7) is -1.11. The van der Waals surface area contributed by atoms with Crippen LogP contribution in [0.25, 0.3) is 0 Å². The summed E-state index contributed by atoms with van der Waals surface area (Å²) in [6, 6.07) is 14.9. The van der Waals surface area contributed by atoms with Crippen LogP contribution >= 0.6 is 0 Å². The number of hydrogen-bond acceptors (Lipinski definition) is 3. The summed E-state index contributed by atoms with van der Waals surface area (Å²) in [4.78, 5) is 12.1. The highest BCUT2D eigenvalue weighted by Crippen LogP contribution is 2.21. The van der Waals surface area contributed by atoms with Crippen molar-refractivity contribution < 1.29 is 18.3 Å². The van der Waals surface area contributed by atoms with Crippen LogP contribution in [0.4, 0.5) is 8.78 Å². The topological polar surface area (TPSA) is 64.4 Å². The van der Waals surface area contributed by atoms with Crippen LogP contribution in [0, 0.1) is 0 Å². The average Bonchev–Trinajstić information content (AvgIpc) is 2.55. The average molecular weight is 334 g/mol. The van der Waals surface area contributed by atoms with Gasteiger partial charge in [-0.05, 0) is 30.2 Å². The third kappa shape index (κ3) is 5.31. The number of nitrogens with two attached hydrogens (primary N) is 1. The lowest BCUT2D eigenvalue weighted by molar-refractivity contribution is -0.122. The molecule has 24 heavy (non-hydrogen) atoms. The van der Waals surface area contributed by atoms with Crippen molar-refractivity contribution >= 4 is 5.91 Å². The van der Waals surface area contributed by atoms with Crippen molar-refractivity contribution in [1.29, 1.82) is 0 Å². The number of nitrogens with one attached hydrogen (secondary N) is 1. The van der Waals surface area contributed by atoms with E-state index in [2.05, 4.69) is 10.1 Å². The predicted molar refractivity (Wildman–Crippen MR) is 87.6 cm³/mol. The van der Waals surface area contributed by atoms with Crippen LogP contribution in [0.3, 0.4) is 0 Å². The molecule has 0 aromatic heterocycles. The van der Waals surface area contributed by atoms with Gasteiger partial charge in [-0.2, -0.15) is 8.78 Å². The highest BCUT2D eigenvalue weighted by Gasteiger charge is 2.15. The van der Waals surface area contributed by atoms with Crippen LogP contribution in [-0.4, -0.2) is 12.5 Å². The van der Waals surface area contributed by atoms with Gasteiger partial charge in [-0.15, -0.1) is 0 Å².